The summed E-state index contributed by atoms with van der Waals surface area (Å²) in [6.07, 6.45) is 7.35. The number of carboxylic acids is 1. The number of alkyl carbamates (subject to hydrolysis) is 1. The number of urea groups is 4. The molecule has 0 spiro atoms. The summed E-state index contributed by atoms with van der Waals surface area (Å²) in [4.78, 5) is 152. The van der Waals surface area contributed by atoms with Crippen LogP contribution in [0.3, 0.4) is 0 Å². The van der Waals surface area contributed by atoms with Crippen molar-refractivity contribution in [3.8, 4) is 0 Å². The van der Waals surface area contributed by atoms with Gasteiger partial charge in [0.15, 0.2) is 18.0 Å². The first kappa shape index (κ1) is 78.5. The number of hydrogen-bond donors (Lipinski definition) is 4. The van der Waals surface area contributed by atoms with Crippen LogP contribution in [0.2, 0.25) is 0 Å². The van der Waals surface area contributed by atoms with Crippen molar-refractivity contribution in [3.63, 3.8) is 0 Å². The standard InChI is InChI=1S/C51H59N7O9.C28H41N7O5/c1-54(27-15-14-19-38-17-6-2-7-18-38)50(63)55-29-31-56(32-30-55)51(64)58-44(46(60)65-35-39-20-8-3-9-21-39)43(45(58)59)33-42-26-16-28-57(34-42)47(52-48(61)66-36-40-22-10-4-11-23-40)53-49(62)67-37-41-24-12-5-13-25-41;1-31(12-6-5-10-20-8-3-2-4-9-20)27(39)32-14-16-33(17-15-32)28(40)35-23(25(37)38)22(24(35)36)18-21-11-7-13-34(19-21)26(29)30/h2-13,17-18,20-25,42-44H,14-16,19,26-37H2,1H3,(H,52,53,61,62);2-4,8-9,21-23H,5-7,10-19H2,1H3,(H3,29,30)(H,37,38)/t42-,43+,44?;21-,22+,23?/m00/s1. The predicted molar refractivity (Wildman–Crippen MR) is 398 cm³/mol. The number of likely N-dealkylation sites (tertiary alicyclic amines) is 4. The van der Waals surface area contributed by atoms with E-state index in [4.69, 9.17) is 25.4 Å². The van der Waals surface area contributed by atoms with Crippen LogP contribution >= 0.6 is 0 Å². The average Bonchev–Trinajstić information content (AvgIpc) is 0.753. The number of piperidine rings is 2. The monoisotopic (exact) mass is 1470 g/mol. The molecule has 5 aromatic rings. The van der Waals surface area contributed by atoms with Gasteiger partial charge in [0.25, 0.3) is 0 Å². The second-order valence-electron chi connectivity index (χ2n) is 28.2. The van der Waals surface area contributed by atoms with Crippen LogP contribution in [-0.4, -0.2) is 244 Å². The molecule has 6 heterocycles. The molecular weight excluding hydrogens is 1370 g/mol. The number of nitrogens with zero attached hydrogens (tertiary/aromatic N) is 11. The maximum absolute atomic E-state index is 14.1. The summed E-state index contributed by atoms with van der Waals surface area (Å²) in [6.45, 7) is 5.12. The number of guanidine groups is 2. The van der Waals surface area contributed by atoms with Crippen molar-refractivity contribution in [2.24, 2.45) is 34.4 Å². The van der Waals surface area contributed by atoms with E-state index >= 15 is 0 Å². The van der Waals surface area contributed by atoms with Crippen molar-refractivity contribution >= 4 is 72.0 Å². The molecule has 6 aliphatic heterocycles. The Morgan fingerprint density at radius 2 is 0.860 bits per heavy atom. The van der Waals surface area contributed by atoms with Gasteiger partial charge < -0.3 is 64.3 Å². The number of ether oxygens (including phenoxy) is 3. The minimum Gasteiger partial charge on any atom is -0.480 e. The highest BCUT2D eigenvalue weighted by atomic mass is 16.6. The third-order valence-electron chi connectivity index (χ3n) is 20.6. The smallest absolute Gasteiger partial charge is 0.437 e. The number of nitrogens with two attached hydrogens (primary N) is 1. The molecule has 570 valence electrons. The molecule has 5 N–H and O–H groups in total. The first-order chi connectivity index (χ1) is 51.8. The van der Waals surface area contributed by atoms with Crippen molar-refractivity contribution in [2.45, 2.75) is 109 Å². The second-order valence-corrected chi connectivity index (χ2v) is 28.2. The summed E-state index contributed by atoms with van der Waals surface area (Å²) in [5, 5.41) is 20.1. The van der Waals surface area contributed by atoms with Crippen LogP contribution < -0.4 is 11.1 Å². The number of esters is 1. The van der Waals surface area contributed by atoms with Crippen LogP contribution in [0.5, 0.6) is 0 Å². The molecule has 0 saturated carbocycles. The van der Waals surface area contributed by atoms with Crippen molar-refractivity contribution < 1.29 is 67.3 Å². The Morgan fingerprint density at radius 3 is 1.29 bits per heavy atom. The number of amides is 12. The Labute approximate surface area is 624 Å². The predicted octanol–water partition coefficient (Wildman–Crippen LogP) is 8.80. The topological polar surface area (TPSA) is 325 Å². The lowest BCUT2D eigenvalue weighted by Crippen LogP contribution is -2.70. The molecule has 6 fully saturated rings. The summed E-state index contributed by atoms with van der Waals surface area (Å²) in [5.41, 5.74) is 10.4. The normalized spacial score (nSPS) is 20.1. The van der Waals surface area contributed by atoms with Gasteiger partial charge in [0.05, 0.1) is 11.8 Å². The summed E-state index contributed by atoms with van der Waals surface area (Å²) in [5.74, 6) is -4.73. The number of nitrogens with one attached hydrogen (secondary N) is 2. The lowest BCUT2D eigenvalue weighted by molar-refractivity contribution is -0.172. The molecule has 2 unspecified atom stereocenters. The molecule has 6 atom stereocenters. The largest absolute Gasteiger partial charge is 0.480 e. The van der Waals surface area contributed by atoms with Gasteiger partial charge in [-0.15, -0.1) is 4.99 Å². The van der Waals surface area contributed by atoms with Gasteiger partial charge in [-0.1, -0.05) is 152 Å². The van der Waals surface area contributed by atoms with Gasteiger partial charge in [-0.25, -0.2) is 48.2 Å². The van der Waals surface area contributed by atoms with Crippen LogP contribution in [0.25, 0.3) is 0 Å². The van der Waals surface area contributed by atoms with Gasteiger partial charge in [-0.2, -0.15) is 0 Å². The molecule has 28 heteroatoms. The van der Waals surface area contributed by atoms with Gasteiger partial charge in [-0.05, 0) is 117 Å². The highest BCUT2D eigenvalue weighted by Gasteiger charge is 2.58. The van der Waals surface area contributed by atoms with Crippen LogP contribution in [0, 0.1) is 29.1 Å². The summed E-state index contributed by atoms with van der Waals surface area (Å²) in [7, 11) is 3.56. The number of imide groups is 2. The number of carboxylic acid groups (broad SMARTS) is 1. The van der Waals surface area contributed by atoms with Gasteiger partial charge in [-0.3, -0.25) is 20.3 Å². The van der Waals surface area contributed by atoms with E-state index in [2.05, 4.69) is 34.6 Å². The molecule has 6 aliphatic rings. The Balaban J connectivity index is 0.000000260. The maximum atomic E-state index is 14.1. The molecular formula is C79H100N14O14. The van der Waals surface area contributed by atoms with Crippen LogP contribution in [0.15, 0.2) is 157 Å². The van der Waals surface area contributed by atoms with E-state index in [1.54, 1.807) is 43.5 Å². The van der Waals surface area contributed by atoms with Crippen LogP contribution in [0.4, 0.5) is 28.8 Å². The van der Waals surface area contributed by atoms with E-state index in [1.807, 2.05) is 127 Å². The lowest BCUT2D eigenvalue weighted by Gasteiger charge is -2.48. The van der Waals surface area contributed by atoms with E-state index in [9.17, 15) is 53.1 Å². The number of aliphatic imine (C=N–C) groups is 1. The number of aryl methyl sites for hydroxylation is 2. The molecule has 12 amide bonds. The van der Waals surface area contributed by atoms with Gasteiger partial charge >= 0.3 is 48.2 Å². The number of piperazine rings is 2. The number of unbranched alkanes of at least 4 members (excludes halogenated alkanes) is 2. The third kappa shape index (κ3) is 21.8. The number of β-lactam (4-membered cyclic amide) rings is 2. The third-order valence-corrected chi connectivity index (χ3v) is 20.6. The fraction of sp³-hybridized carbons (Fsp3) is 0.468. The second kappa shape index (κ2) is 38.8. The van der Waals surface area contributed by atoms with Crippen LogP contribution in [0.1, 0.15) is 92.0 Å². The Bertz CT molecular complexity index is 3870. The van der Waals surface area contributed by atoms with Gasteiger partial charge in [0, 0.05) is 106 Å². The molecule has 107 heavy (non-hydrogen) atoms. The van der Waals surface area contributed by atoms with E-state index in [0.717, 1.165) is 77.9 Å². The maximum Gasteiger partial charge on any atom is 0.437 e. The minimum atomic E-state index is -1.20. The van der Waals surface area contributed by atoms with E-state index in [-0.39, 0.29) is 108 Å². The summed E-state index contributed by atoms with van der Waals surface area (Å²) < 4.78 is 16.6. The van der Waals surface area contributed by atoms with Crippen molar-refractivity contribution in [3.05, 3.63) is 179 Å². The van der Waals surface area contributed by atoms with Crippen LogP contribution in [-0.2, 0) is 66.1 Å². The van der Waals surface area contributed by atoms with E-state index in [0.29, 0.717) is 65.1 Å². The number of aliphatic carboxylic acids is 1. The van der Waals surface area contributed by atoms with E-state index < -0.39 is 71.9 Å². The fourth-order valence-corrected chi connectivity index (χ4v) is 14.7. The SMILES string of the molecule is CN(CCCCc1ccccc1)C(=O)N1CCN(C(=O)N2C(=O)[C@H](C[C@@H]3CCCN(C(=N)N)C3)C2C(=O)O)CC1.CN(CCCCc1ccccc1)C(=O)N1CCN(C(=O)N2C(=O)[C@H](C[C@@H]3CCCN(C(=NC(=O)OCc4ccccc4)NC(=O)OCc4ccccc4)C3)C2C(=O)OCc2ccccc2)CC1. The molecule has 0 radical (unpaired) electrons. The van der Waals surface area contributed by atoms with E-state index in [1.165, 1.54) is 20.9 Å². The number of benzene rings is 5. The zero-order chi connectivity index (χ0) is 75.8. The fourth-order valence-electron chi connectivity index (χ4n) is 14.7. The summed E-state index contributed by atoms with van der Waals surface area (Å²) >= 11 is 0. The Hall–Kier alpha value is -11.1. The van der Waals surface area contributed by atoms with Crippen molar-refractivity contribution in [1.29, 1.82) is 5.41 Å². The molecule has 28 nitrogen and oxygen atoms in total. The molecule has 0 bridgehead atoms. The number of hydrogen-bond acceptors (Lipinski definition) is 14. The molecule has 0 aromatic heterocycles. The zero-order valence-corrected chi connectivity index (χ0v) is 61.2. The van der Waals surface area contributed by atoms with Crippen molar-refractivity contribution in [1.82, 2.24) is 54.3 Å². The molecule has 5 aromatic carbocycles. The number of carbonyl (C=O) groups excluding carboxylic acids is 9. The average molecular weight is 1470 g/mol. The zero-order valence-electron chi connectivity index (χ0n) is 61.2. The number of carbonyl (C=O) groups is 10. The van der Waals surface area contributed by atoms with Gasteiger partial charge in [0.1, 0.15) is 19.8 Å². The highest BCUT2D eigenvalue weighted by molar-refractivity contribution is 6.09. The first-order valence-corrected chi connectivity index (χ1v) is 37.2. The number of rotatable bonds is 22. The minimum absolute atomic E-state index is 0.0110. The molecule has 6 saturated heterocycles. The van der Waals surface area contributed by atoms with Crippen molar-refractivity contribution in [2.75, 3.05) is 106 Å². The quantitative estimate of drug-likeness (QED) is 0.0126. The first-order valence-electron chi connectivity index (χ1n) is 37.2. The highest BCUT2D eigenvalue weighted by Crippen LogP contribution is 2.39. The van der Waals surface area contributed by atoms with Gasteiger partial charge in [0.2, 0.25) is 17.8 Å². The Kier molecular flexibility index (Phi) is 28.5. The molecule has 0 aliphatic carbocycles. The lowest BCUT2D eigenvalue weighted by atomic mass is 9.78. The molecule has 11 rings (SSSR count). The summed E-state index contributed by atoms with van der Waals surface area (Å²) in [6, 6.07) is 44.1. The Morgan fingerprint density at radius 1 is 0.486 bits per heavy atom.